The average Bonchev–Trinajstić information content (AvgIpc) is 3.14. The lowest BCUT2D eigenvalue weighted by atomic mass is 10.0. The smallest absolute Gasteiger partial charge is 0.325 e. The standard InChI is InChI=1S/C24H23N3O3/c1-30-20-13-11-19(12-14-20)27-16-15-26(24(27)29)17-23(28)25-22-10-6-5-9-21(22)18-7-3-2-4-8-18/h2-14H,15-17H2,1H3,(H,25,28). The number of methoxy groups -OCH3 is 1. The van der Waals surface area contributed by atoms with Crippen molar-refractivity contribution in [2.75, 3.05) is 37.0 Å². The number of urea groups is 1. The predicted molar refractivity (Wildman–Crippen MR) is 118 cm³/mol. The topological polar surface area (TPSA) is 61.9 Å². The van der Waals surface area contributed by atoms with Crippen LogP contribution in [0.4, 0.5) is 16.2 Å². The quantitative estimate of drug-likeness (QED) is 0.672. The summed E-state index contributed by atoms with van der Waals surface area (Å²) in [5.41, 5.74) is 3.49. The van der Waals surface area contributed by atoms with Crippen LogP contribution in [0.15, 0.2) is 78.9 Å². The van der Waals surface area contributed by atoms with Crippen LogP contribution in [0.1, 0.15) is 0 Å². The molecular weight excluding hydrogens is 378 g/mol. The first-order chi connectivity index (χ1) is 14.7. The van der Waals surface area contributed by atoms with Crippen molar-refractivity contribution < 1.29 is 14.3 Å². The predicted octanol–water partition coefficient (Wildman–Crippen LogP) is 4.24. The highest BCUT2D eigenvalue weighted by Crippen LogP contribution is 2.28. The Labute approximate surface area is 175 Å². The molecule has 1 heterocycles. The summed E-state index contributed by atoms with van der Waals surface area (Å²) in [5, 5.41) is 2.96. The summed E-state index contributed by atoms with van der Waals surface area (Å²) in [6, 6.07) is 24.7. The zero-order chi connectivity index (χ0) is 20.9. The molecule has 3 aromatic carbocycles. The minimum absolute atomic E-state index is 0.00854. The van der Waals surface area contributed by atoms with E-state index >= 15 is 0 Å². The second-order valence-corrected chi connectivity index (χ2v) is 7.01. The second-order valence-electron chi connectivity index (χ2n) is 7.01. The van der Waals surface area contributed by atoms with Gasteiger partial charge in [0.05, 0.1) is 7.11 Å². The van der Waals surface area contributed by atoms with Crippen molar-refractivity contribution in [3.63, 3.8) is 0 Å². The maximum Gasteiger partial charge on any atom is 0.325 e. The van der Waals surface area contributed by atoms with Crippen molar-refractivity contribution >= 4 is 23.3 Å². The number of carbonyl (C=O) groups is 2. The number of anilines is 2. The fourth-order valence-corrected chi connectivity index (χ4v) is 3.56. The molecule has 6 heteroatoms. The summed E-state index contributed by atoms with van der Waals surface area (Å²) >= 11 is 0. The summed E-state index contributed by atoms with van der Waals surface area (Å²) in [6.07, 6.45) is 0. The molecule has 6 nitrogen and oxygen atoms in total. The van der Waals surface area contributed by atoms with Crippen LogP contribution >= 0.6 is 0 Å². The summed E-state index contributed by atoms with van der Waals surface area (Å²) < 4.78 is 5.16. The SMILES string of the molecule is COc1ccc(N2CCN(CC(=O)Nc3ccccc3-c3ccccc3)C2=O)cc1. The monoisotopic (exact) mass is 401 g/mol. The van der Waals surface area contributed by atoms with Crippen LogP contribution in [0.2, 0.25) is 0 Å². The zero-order valence-electron chi connectivity index (χ0n) is 16.7. The molecule has 3 aromatic rings. The number of hydrogen-bond donors (Lipinski definition) is 1. The molecule has 1 saturated heterocycles. The molecule has 4 rings (SSSR count). The van der Waals surface area contributed by atoms with Crippen molar-refractivity contribution in [2.24, 2.45) is 0 Å². The summed E-state index contributed by atoms with van der Waals surface area (Å²) in [7, 11) is 1.60. The minimum Gasteiger partial charge on any atom is -0.497 e. The third-order valence-electron chi connectivity index (χ3n) is 5.10. The average molecular weight is 401 g/mol. The molecule has 0 spiro atoms. The van der Waals surface area contributed by atoms with E-state index in [0.717, 1.165) is 28.3 Å². The molecule has 1 N–H and O–H groups in total. The number of nitrogens with one attached hydrogen (secondary N) is 1. The molecule has 1 fully saturated rings. The van der Waals surface area contributed by atoms with Gasteiger partial charge < -0.3 is 15.0 Å². The number of nitrogens with zero attached hydrogens (tertiary/aromatic N) is 2. The molecule has 3 amide bonds. The van der Waals surface area contributed by atoms with Crippen molar-refractivity contribution in [2.45, 2.75) is 0 Å². The Hall–Kier alpha value is -3.80. The summed E-state index contributed by atoms with van der Waals surface area (Å²) in [5.74, 6) is 0.516. The Morgan fingerprint density at radius 3 is 2.37 bits per heavy atom. The summed E-state index contributed by atoms with van der Waals surface area (Å²) in [6.45, 7) is 1.05. The molecule has 0 unspecified atom stereocenters. The fourth-order valence-electron chi connectivity index (χ4n) is 3.56. The fraction of sp³-hybridized carbons (Fsp3) is 0.167. The number of carbonyl (C=O) groups excluding carboxylic acids is 2. The minimum atomic E-state index is -0.219. The zero-order valence-corrected chi connectivity index (χ0v) is 16.7. The molecule has 1 aliphatic heterocycles. The van der Waals surface area contributed by atoms with E-state index in [9.17, 15) is 9.59 Å². The van der Waals surface area contributed by atoms with E-state index in [0.29, 0.717) is 13.1 Å². The maximum atomic E-state index is 12.8. The lowest BCUT2D eigenvalue weighted by Crippen LogP contribution is -2.37. The van der Waals surface area contributed by atoms with Crippen LogP contribution < -0.4 is 15.0 Å². The van der Waals surface area contributed by atoms with Gasteiger partial charge in [-0.2, -0.15) is 0 Å². The van der Waals surface area contributed by atoms with Gasteiger partial charge in [-0.15, -0.1) is 0 Å². The second kappa shape index (κ2) is 8.69. The highest BCUT2D eigenvalue weighted by Gasteiger charge is 2.30. The van der Waals surface area contributed by atoms with E-state index in [1.165, 1.54) is 0 Å². The lowest BCUT2D eigenvalue weighted by molar-refractivity contribution is -0.116. The summed E-state index contributed by atoms with van der Waals surface area (Å²) in [4.78, 5) is 28.7. The Balaban J connectivity index is 1.42. The van der Waals surface area contributed by atoms with Crippen LogP contribution in [-0.4, -0.2) is 43.6 Å². The molecule has 30 heavy (non-hydrogen) atoms. The number of ether oxygens (including phenoxy) is 1. The first kappa shape index (κ1) is 19.5. The van der Waals surface area contributed by atoms with Gasteiger partial charge in [-0.05, 0) is 35.9 Å². The van der Waals surface area contributed by atoms with Gasteiger partial charge in [0.2, 0.25) is 5.91 Å². The first-order valence-electron chi connectivity index (χ1n) is 9.80. The third kappa shape index (κ3) is 4.12. The van der Waals surface area contributed by atoms with Crippen molar-refractivity contribution in [1.29, 1.82) is 0 Å². The van der Waals surface area contributed by atoms with Gasteiger partial charge in [0, 0.05) is 30.0 Å². The van der Waals surface area contributed by atoms with Gasteiger partial charge in [-0.1, -0.05) is 48.5 Å². The molecule has 0 saturated carbocycles. The molecule has 0 aromatic heterocycles. The lowest BCUT2D eigenvalue weighted by Gasteiger charge is -2.19. The van der Waals surface area contributed by atoms with E-state index in [-0.39, 0.29) is 18.5 Å². The van der Waals surface area contributed by atoms with Crippen molar-refractivity contribution in [3.8, 4) is 16.9 Å². The van der Waals surface area contributed by atoms with E-state index in [2.05, 4.69) is 5.32 Å². The molecular formula is C24H23N3O3. The van der Waals surface area contributed by atoms with E-state index in [1.54, 1.807) is 16.9 Å². The van der Waals surface area contributed by atoms with Crippen LogP contribution in [0.5, 0.6) is 5.75 Å². The molecule has 0 radical (unpaired) electrons. The largest absolute Gasteiger partial charge is 0.497 e. The van der Waals surface area contributed by atoms with E-state index in [1.807, 2.05) is 78.9 Å². The Bertz CT molecular complexity index is 1040. The highest BCUT2D eigenvalue weighted by molar-refractivity contribution is 6.01. The van der Waals surface area contributed by atoms with Gasteiger partial charge in [0.1, 0.15) is 12.3 Å². The van der Waals surface area contributed by atoms with Gasteiger partial charge in [-0.25, -0.2) is 4.79 Å². The molecule has 0 aliphatic carbocycles. The highest BCUT2D eigenvalue weighted by atomic mass is 16.5. The van der Waals surface area contributed by atoms with E-state index < -0.39 is 0 Å². The van der Waals surface area contributed by atoms with Crippen LogP contribution in [0.3, 0.4) is 0 Å². The van der Waals surface area contributed by atoms with Crippen LogP contribution in [-0.2, 0) is 4.79 Å². The Morgan fingerprint density at radius 2 is 1.63 bits per heavy atom. The number of benzene rings is 3. The Morgan fingerprint density at radius 1 is 0.933 bits per heavy atom. The maximum absolute atomic E-state index is 12.8. The number of rotatable bonds is 6. The number of para-hydroxylation sites is 1. The molecule has 1 aliphatic rings. The van der Waals surface area contributed by atoms with Gasteiger partial charge in [-0.3, -0.25) is 9.69 Å². The number of amides is 3. The van der Waals surface area contributed by atoms with Crippen molar-refractivity contribution in [1.82, 2.24) is 4.90 Å². The van der Waals surface area contributed by atoms with Gasteiger partial charge in [0.15, 0.2) is 0 Å². The number of hydrogen-bond acceptors (Lipinski definition) is 3. The Kier molecular flexibility index (Phi) is 5.66. The first-order valence-corrected chi connectivity index (χ1v) is 9.80. The normalized spacial score (nSPS) is 13.4. The van der Waals surface area contributed by atoms with Crippen molar-refractivity contribution in [3.05, 3.63) is 78.9 Å². The van der Waals surface area contributed by atoms with Crippen LogP contribution in [0, 0.1) is 0 Å². The molecule has 152 valence electrons. The van der Waals surface area contributed by atoms with Gasteiger partial charge in [0.25, 0.3) is 0 Å². The third-order valence-corrected chi connectivity index (χ3v) is 5.10. The molecule has 0 atom stereocenters. The van der Waals surface area contributed by atoms with Crippen LogP contribution in [0.25, 0.3) is 11.1 Å². The van der Waals surface area contributed by atoms with E-state index in [4.69, 9.17) is 4.74 Å². The molecule has 0 bridgehead atoms. The van der Waals surface area contributed by atoms with Gasteiger partial charge >= 0.3 is 6.03 Å².